The molecule has 0 radical (unpaired) electrons. The van der Waals surface area contributed by atoms with Crippen LogP contribution < -0.4 is 5.32 Å². The van der Waals surface area contributed by atoms with Gasteiger partial charge in [-0.2, -0.15) is 0 Å². The first kappa shape index (κ1) is 12.5. The minimum absolute atomic E-state index is 0.272. The van der Waals surface area contributed by atoms with Crippen molar-refractivity contribution in [2.75, 3.05) is 0 Å². The highest BCUT2D eigenvalue weighted by molar-refractivity contribution is 7.13. The highest BCUT2D eigenvalue weighted by atomic mass is 32.1. The van der Waals surface area contributed by atoms with E-state index in [0.29, 0.717) is 0 Å². The predicted octanol–water partition coefficient (Wildman–Crippen LogP) is 2.84. The number of hydrogen-bond donors (Lipinski definition) is 2. The second-order valence-electron chi connectivity index (χ2n) is 3.91. The molecule has 2 aromatic rings. The highest BCUT2D eigenvalue weighted by Gasteiger charge is 2.10. The third-order valence-corrected chi connectivity index (χ3v) is 3.56. The molecule has 5 nitrogen and oxygen atoms in total. The maximum atomic E-state index is 10.5. The lowest BCUT2D eigenvalue weighted by atomic mass is 10.1. The number of carboxylic acid groups (broad SMARTS) is 1. The van der Waals surface area contributed by atoms with E-state index < -0.39 is 6.09 Å². The molecule has 0 saturated carbocycles. The average molecular weight is 263 g/mol. The van der Waals surface area contributed by atoms with Crippen LogP contribution in [0, 0.1) is 6.92 Å². The number of hydrogen-bond acceptors (Lipinski definition) is 4. The second kappa shape index (κ2) is 5.14. The van der Waals surface area contributed by atoms with Gasteiger partial charge in [-0.25, -0.2) is 9.78 Å². The van der Waals surface area contributed by atoms with Gasteiger partial charge in [-0.05, 0) is 25.5 Å². The fraction of sp³-hybridized carbons (Fsp3) is 0.250. The summed E-state index contributed by atoms with van der Waals surface area (Å²) in [5.74, 6) is 0. The second-order valence-corrected chi connectivity index (χ2v) is 4.77. The Balaban J connectivity index is 2.20. The molecule has 1 unspecified atom stereocenters. The zero-order valence-corrected chi connectivity index (χ0v) is 10.9. The summed E-state index contributed by atoms with van der Waals surface area (Å²) in [6.45, 7) is 3.72. The van der Waals surface area contributed by atoms with Gasteiger partial charge in [0, 0.05) is 6.20 Å². The van der Waals surface area contributed by atoms with Crippen molar-refractivity contribution in [1.82, 2.24) is 15.3 Å². The predicted molar refractivity (Wildman–Crippen MR) is 69.7 cm³/mol. The SMILES string of the molecule is Cc1ncsc1-c1ccc(C(C)NC(=O)O)cn1. The number of thiazole rings is 1. The molecule has 18 heavy (non-hydrogen) atoms. The van der Waals surface area contributed by atoms with Gasteiger partial charge in [-0.3, -0.25) is 4.98 Å². The van der Waals surface area contributed by atoms with Crippen LogP contribution in [-0.2, 0) is 0 Å². The summed E-state index contributed by atoms with van der Waals surface area (Å²) in [5.41, 5.74) is 4.44. The van der Waals surface area contributed by atoms with E-state index in [4.69, 9.17) is 5.11 Å². The monoisotopic (exact) mass is 263 g/mol. The molecule has 2 heterocycles. The van der Waals surface area contributed by atoms with E-state index in [2.05, 4.69) is 15.3 Å². The van der Waals surface area contributed by atoms with E-state index >= 15 is 0 Å². The lowest BCUT2D eigenvalue weighted by Gasteiger charge is -2.11. The molecule has 94 valence electrons. The number of amides is 1. The standard InChI is InChI=1S/C12H13N3O2S/c1-7(15-12(16)17)9-3-4-10(13-5-9)11-8(2)14-6-18-11/h3-7,15H,1-2H3,(H,16,17). The maximum absolute atomic E-state index is 10.5. The van der Waals surface area contributed by atoms with Crippen molar-refractivity contribution < 1.29 is 9.90 Å². The maximum Gasteiger partial charge on any atom is 0.405 e. The van der Waals surface area contributed by atoms with E-state index in [1.54, 1.807) is 30.0 Å². The van der Waals surface area contributed by atoms with E-state index in [9.17, 15) is 4.79 Å². The van der Waals surface area contributed by atoms with Crippen LogP contribution in [0.2, 0.25) is 0 Å². The molecular weight excluding hydrogens is 250 g/mol. The Morgan fingerprint density at radius 1 is 1.44 bits per heavy atom. The molecule has 2 aromatic heterocycles. The third kappa shape index (κ3) is 2.65. The lowest BCUT2D eigenvalue weighted by molar-refractivity contribution is 0.191. The molecule has 2 rings (SSSR count). The first-order chi connectivity index (χ1) is 8.58. The molecule has 0 saturated heterocycles. The van der Waals surface area contributed by atoms with Crippen LogP contribution >= 0.6 is 11.3 Å². The smallest absolute Gasteiger partial charge is 0.405 e. The summed E-state index contributed by atoms with van der Waals surface area (Å²) in [4.78, 5) is 20.1. The zero-order valence-electron chi connectivity index (χ0n) is 10.0. The molecule has 0 aliphatic heterocycles. The average Bonchev–Trinajstić information content (AvgIpc) is 2.75. The van der Waals surface area contributed by atoms with Crippen molar-refractivity contribution in [2.24, 2.45) is 0 Å². The summed E-state index contributed by atoms with van der Waals surface area (Å²) < 4.78 is 0. The Morgan fingerprint density at radius 3 is 2.72 bits per heavy atom. The van der Waals surface area contributed by atoms with Crippen LogP contribution in [0.15, 0.2) is 23.8 Å². The van der Waals surface area contributed by atoms with Crippen LogP contribution in [0.1, 0.15) is 24.2 Å². The number of nitrogens with one attached hydrogen (secondary N) is 1. The first-order valence-corrected chi connectivity index (χ1v) is 6.31. The molecule has 0 bridgehead atoms. The Kier molecular flexibility index (Phi) is 3.57. The number of nitrogens with zero attached hydrogens (tertiary/aromatic N) is 2. The van der Waals surface area contributed by atoms with Crippen molar-refractivity contribution in [2.45, 2.75) is 19.9 Å². The number of rotatable bonds is 3. The molecule has 0 spiro atoms. The van der Waals surface area contributed by atoms with E-state index in [0.717, 1.165) is 21.8 Å². The third-order valence-electron chi connectivity index (χ3n) is 2.60. The van der Waals surface area contributed by atoms with Gasteiger partial charge in [0.25, 0.3) is 0 Å². The Morgan fingerprint density at radius 2 is 2.22 bits per heavy atom. The van der Waals surface area contributed by atoms with Crippen molar-refractivity contribution in [1.29, 1.82) is 0 Å². The van der Waals surface area contributed by atoms with Crippen LogP contribution in [0.25, 0.3) is 10.6 Å². The van der Waals surface area contributed by atoms with E-state index in [1.165, 1.54) is 0 Å². The molecule has 2 N–H and O–H groups in total. The van der Waals surface area contributed by atoms with Crippen LogP contribution in [0.4, 0.5) is 4.79 Å². The van der Waals surface area contributed by atoms with Gasteiger partial charge in [-0.15, -0.1) is 11.3 Å². The molecule has 1 atom stereocenters. The topological polar surface area (TPSA) is 75.1 Å². The Hall–Kier alpha value is -1.95. The molecule has 1 amide bonds. The van der Waals surface area contributed by atoms with Gasteiger partial charge >= 0.3 is 6.09 Å². The van der Waals surface area contributed by atoms with Gasteiger partial charge in [0.15, 0.2) is 0 Å². The zero-order chi connectivity index (χ0) is 13.1. The van der Waals surface area contributed by atoms with Gasteiger partial charge in [-0.1, -0.05) is 6.07 Å². The van der Waals surface area contributed by atoms with Crippen LogP contribution in [0.5, 0.6) is 0 Å². The molecular formula is C12H13N3O2S. The summed E-state index contributed by atoms with van der Waals surface area (Å²) >= 11 is 1.54. The normalized spacial score (nSPS) is 12.1. The van der Waals surface area contributed by atoms with Crippen molar-refractivity contribution in [3.8, 4) is 10.6 Å². The van der Waals surface area contributed by atoms with Gasteiger partial charge in [0.05, 0.1) is 27.8 Å². The van der Waals surface area contributed by atoms with Gasteiger partial charge in [0.2, 0.25) is 0 Å². The van der Waals surface area contributed by atoms with E-state index in [1.807, 2.05) is 19.1 Å². The number of aryl methyl sites for hydroxylation is 1. The lowest BCUT2D eigenvalue weighted by Crippen LogP contribution is -2.24. The van der Waals surface area contributed by atoms with Crippen molar-refractivity contribution in [3.05, 3.63) is 35.1 Å². The molecule has 6 heteroatoms. The fourth-order valence-electron chi connectivity index (χ4n) is 1.61. The van der Waals surface area contributed by atoms with Crippen LogP contribution in [0.3, 0.4) is 0 Å². The fourth-order valence-corrected chi connectivity index (χ4v) is 2.39. The van der Waals surface area contributed by atoms with Gasteiger partial charge in [0.1, 0.15) is 0 Å². The summed E-state index contributed by atoms with van der Waals surface area (Å²) in [5, 5.41) is 11.0. The van der Waals surface area contributed by atoms with Gasteiger partial charge < -0.3 is 10.4 Å². The number of aromatic nitrogens is 2. The largest absolute Gasteiger partial charge is 0.465 e. The minimum atomic E-state index is -1.04. The number of pyridine rings is 1. The van der Waals surface area contributed by atoms with Crippen molar-refractivity contribution in [3.63, 3.8) is 0 Å². The first-order valence-electron chi connectivity index (χ1n) is 5.44. The minimum Gasteiger partial charge on any atom is -0.465 e. The van der Waals surface area contributed by atoms with Crippen LogP contribution in [-0.4, -0.2) is 21.2 Å². The quantitative estimate of drug-likeness (QED) is 0.892. The number of carbonyl (C=O) groups is 1. The highest BCUT2D eigenvalue weighted by Crippen LogP contribution is 2.25. The summed E-state index contributed by atoms with van der Waals surface area (Å²) in [7, 11) is 0. The summed E-state index contributed by atoms with van der Waals surface area (Å²) in [6, 6.07) is 3.49. The Labute approximate surface area is 109 Å². The molecule has 0 aliphatic carbocycles. The van der Waals surface area contributed by atoms with E-state index in [-0.39, 0.29) is 6.04 Å². The Bertz CT molecular complexity index is 551. The molecule has 0 aliphatic rings. The molecule has 0 aromatic carbocycles. The van der Waals surface area contributed by atoms with Crippen molar-refractivity contribution >= 4 is 17.4 Å². The summed E-state index contributed by atoms with van der Waals surface area (Å²) in [6.07, 6.45) is 0.652. The molecule has 0 fully saturated rings.